The Morgan fingerprint density at radius 2 is 2.05 bits per heavy atom. The average Bonchev–Trinajstić information content (AvgIpc) is 2.45. The van der Waals surface area contributed by atoms with E-state index in [1.54, 1.807) is 0 Å². The molecule has 0 saturated carbocycles. The summed E-state index contributed by atoms with van der Waals surface area (Å²) in [6, 6.07) is 9.52. The second-order valence-electron chi connectivity index (χ2n) is 4.68. The molecule has 6 nitrogen and oxygen atoms in total. The number of hydrogen-bond acceptors (Lipinski definition) is 6. The molecule has 1 saturated heterocycles. The molecule has 0 aliphatic carbocycles. The van der Waals surface area contributed by atoms with Gasteiger partial charge in [0.1, 0.15) is 12.2 Å². The van der Waals surface area contributed by atoms with Gasteiger partial charge in [0.25, 0.3) is 0 Å². The second kappa shape index (κ2) is 6.80. The van der Waals surface area contributed by atoms with Crippen LogP contribution in [0.1, 0.15) is 5.56 Å². The molecule has 0 spiro atoms. The molecule has 0 radical (unpaired) electrons. The normalized spacial score (nSPS) is 34.0. The van der Waals surface area contributed by atoms with E-state index < -0.39 is 25.9 Å². The van der Waals surface area contributed by atoms with Crippen molar-refractivity contribution < 1.29 is 28.6 Å². The molecule has 2 N–H and O–H groups in total. The van der Waals surface area contributed by atoms with E-state index in [1.807, 2.05) is 30.3 Å². The molecular formula is C13H19O6P. The lowest BCUT2D eigenvalue weighted by Gasteiger charge is -2.35. The van der Waals surface area contributed by atoms with Crippen LogP contribution >= 0.6 is 7.60 Å². The smallest absolute Gasteiger partial charge is 0.333 e. The van der Waals surface area contributed by atoms with E-state index in [1.165, 1.54) is 7.11 Å². The highest BCUT2D eigenvalue weighted by atomic mass is 31.2. The summed E-state index contributed by atoms with van der Waals surface area (Å²) in [6.07, 6.45) is -3.35. The van der Waals surface area contributed by atoms with Crippen molar-refractivity contribution in [2.45, 2.75) is 24.9 Å². The van der Waals surface area contributed by atoms with Crippen molar-refractivity contribution >= 4 is 7.60 Å². The zero-order valence-corrected chi connectivity index (χ0v) is 12.1. The minimum absolute atomic E-state index is 0.0282. The number of ether oxygens (including phenoxy) is 1. The van der Waals surface area contributed by atoms with Gasteiger partial charge in [-0.15, -0.1) is 0 Å². The molecule has 112 valence electrons. The summed E-state index contributed by atoms with van der Waals surface area (Å²) in [6.45, 7) is 0.376. The molecule has 2 rings (SSSR count). The highest BCUT2D eigenvalue weighted by Gasteiger charge is 2.43. The van der Waals surface area contributed by atoms with Crippen molar-refractivity contribution in [3.05, 3.63) is 35.9 Å². The Kier molecular flexibility index (Phi) is 5.32. The van der Waals surface area contributed by atoms with Gasteiger partial charge in [-0.25, -0.2) is 0 Å². The molecule has 0 amide bonds. The molecule has 0 aromatic heterocycles. The maximum absolute atomic E-state index is 12.0. The van der Waals surface area contributed by atoms with Crippen LogP contribution in [0.4, 0.5) is 0 Å². The Morgan fingerprint density at radius 1 is 1.35 bits per heavy atom. The number of hydrogen-bond donors (Lipinski definition) is 2. The van der Waals surface area contributed by atoms with E-state index >= 15 is 0 Å². The Hall–Kier alpha value is -0.750. The van der Waals surface area contributed by atoms with E-state index in [0.29, 0.717) is 6.61 Å². The number of benzene rings is 1. The van der Waals surface area contributed by atoms with Crippen molar-refractivity contribution in [1.29, 1.82) is 0 Å². The quantitative estimate of drug-likeness (QED) is 0.794. The third-order valence-electron chi connectivity index (χ3n) is 3.15. The fourth-order valence-electron chi connectivity index (χ4n) is 2.01. The highest BCUT2D eigenvalue weighted by Crippen LogP contribution is 2.52. The maximum atomic E-state index is 12.0. The van der Waals surface area contributed by atoms with Crippen LogP contribution in [0.5, 0.6) is 0 Å². The lowest BCUT2D eigenvalue weighted by Crippen LogP contribution is -2.47. The summed E-state index contributed by atoms with van der Waals surface area (Å²) < 4.78 is 27.5. The van der Waals surface area contributed by atoms with Crippen molar-refractivity contribution in [2.75, 3.05) is 19.9 Å². The molecular weight excluding hydrogens is 283 g/mol. The van der Waals surface area contributed by atoms with Crippen LogP contribution in [0.3, 0.4) is 0 Å². The van der Waals surface area contributed by atoms with Crippen LogP contribution in [0, 0.1) is 0 Å². The summed E-state index contributed by atoms with van der Waals surface area (Å²) in [7, 11) is -2.09. The van der Waals surface area contributed by atoms with Gasteiger partial charge in [-0.2, -0.15) is 0 Å². The van der Waals surface area contributed by atoms with Crippen molar-refractivity contribution in [1.82, 2.24) is 0 Å². The summed E-state index contributed by atoms with van der Waals surface area (Å²) >= 11 is 0. The lowest BCUT2D eigenvalue weighted by atomic mass is 10.1. The second-order valence-corrected chi connectivity index (χ2v) is 6.84. The van der Waals surface area contributed by atoms with Crippen LogP contribution in [-0.2, 0) is 25.0 Å². The molecule has 1 fully saturated rings. The molecule has 7 heteroatoms. The summed E-state index contributed by atoms with van der Waals surface area (Å²) in [5.41, 5.74) is 0.980. The Morgan fingerprint density at radius 3 is 2.70 bits per heavy atom. The predicted octanol–water partition coefficient (Wildman–Crippen LogP) is 1.16. The molecule has 1 aromatic carbocycles. The Bertz CT molecular complexity index is 465. The van der Waals surface area contributed by atoms with Gasteiger partial charge in [0.05, 0.1) is 25.5 Å². The third-order valence-corrected chi connectivity index (χ3v) is 5.12. The van der Waals surface area contributed by atoms with Crippen molar-refractivity contribution in [2.24, 2.45) is 0 Å². The average molecular weight is 302 g/mol. The van der Waals surface area contributed by atoms with Crippen LogP contribution in [-0.4, -0.2) is 48.4 Å². The summed E-state index contributed by atoms with van der Waals surface area (Å²) in [5.74, 6) is 0. The Balaban J connectivity index is 1.89. The molecule has 0 unspecified atom stereocenters. The first-order valence-electron chi connectivity index (χ1n) is 6.35. The van der Waals surface area contributed by atoms with E-state index in [-0.39, 0.29) is 12.8 Å². The minimum Gasteiger partial charge on any atom is -0.390 e. The summed E-state index contributed by atoms with van der Waals surface area (Å²) in [4.78, 5) is 0. The maximum Gasteiger partial charge on any atom is 0.333 e. The fraction of sp³-hybridized carbons (Fsp3) is 0.538. The molecule has 1 aromatic rings. The van der Waals surface area contributed by atoms with Gasteiger partial charge >= 0.3 is 7.60 Å². The van der Waals surface area contributed by atoms with Gasteiger partial charge < -0.3 is 19.5 Å². The lowest BCUT2D eigenvalue weighted by molar-refractivity contribution is -0.0927. The minimum atomic E-state index is -3.35. The predicted molar refractivity (Wildman–Crippen MR) is 72.5 cm³/mol. The first kappa shape index (κ1) is 15.6. The molecule has 0 bridgehead atoms. The van der Waals surface area contributed by atoms with Crippen molar-refractivity contribution in [3.63, 3.8) is 0 Å². The van der Waals surface area contributed by atoms with Gasteiger partial charge in [-0.3, -0.25) is 9.09 Å². The number of rotatable bonds is 5. The zero-order chi connectivity index (χ0) is 14.6. The van der Waals surface area contributed by atoms with Gasteiger partial charge in [-0.05, 0) is 5.56 Å². The van der Waals surface area contributed by atoms with E-state index in [9.17, 15) is 14.8 Å². The van der Waals surface area contributed by atoms with Crippen LogP contribution in [0.15, 0.2) is 30.3 Å². The van der Waals surface area contributed by atoms with Crippen LogP contribution in [0.2, 0.25) is 0 Å². The van der Waals surface area contributed by atoms with Gasteiger partial charge in [0.2, 0.25) is 0 Å². The zero-order valence-electron chi connectivity index (χ0n) is 11.2. The highest BCUT2D eigenvalue weighted by molar-refractivity contribution is 7.54. The van der Waals surface area contributed by atoms with Crippen molar-refractivity contribution in [3.8, 4) is 0 Å². The standard InChI is InChI=1S/C13H19O6P/c1-17-20(16)9-11(14)13(15)12(19-20)8-18-7-10-5-3-2-4-6-10/h2-6,11-15H,7-9H2,1H3/t11-,12-,13-,20-/m1/s1. The largest absolute Gasteiger partial charge is 0.390 e. The van der Waals surface area contributed by atoms with E-state index in [2.05, 4.69) is 0 Å². The van der Waals surface area contributed by atoms with E-state index in [4.69, 9.17) is 13.8 Å². The first-order valence-corrected chi connectivity index (χ1v) is 8.08. The van der Waals surface area contributed by atoms with E-state index in [0.717, 1.165) is 5.56 Å². The third kappa shape index (κ3) is 3.88. The van der Waals surface area contributed by atoms with Gasteiger partial charge in [0.15, 0.2) is 0 Å². The molecule has 20 heavy (non-hydrogen) atoms. The molecule has 1 aliphatic heterocycles. The topological polar surface area (TPSA) is 85.2 Å². The molecule has 4 atom stereocenters. The number of aliphatic hydroxyl groups is 2. The first-order chi connectivity index (χ1) is 9.54. The molecule has 1 heterocycles. The van der Waals surface area contributed by atoms with Gasteiger partial charge in [0, 0.05) is 7.11 Å². The van der Waals surface area contributed by atoms with Crippen LogP contribution < -0.4 is 0 Å². The number of aliphatic hydroxyl groups excluding tert-OH is 2. The Labute approximate surface area is 117 Å². The fourth-order valence-corrected chi connectivity index (χ4v) is 3.60. The summed E-state index contributed by atoms with van der Waals surface area (Å²) in [5, 5.41) is 19.5. The van der Waals surface area contributed by atoms with Gasteiger partial charge in [-0.1, -0.05) is 30.3 Å². The monoisotopic (exact) mass is 302 g/mol. The molecule has 1 aliphatic rings. The SMILES string of the molecule is CO[P@]1(=O)C[C@@H](O)[C@@H](O)[C@@H](COCc2ccccc2)O1. The van der Waals surface area contributed by atoms with Crippen LogP contribution in [0.25, 0.3) is 0 Å².